The van der Waals surface area contributed by atoms with E-state index in [0.717, 1.165) is 41.3 Å². The smallest absolute Gasteiger partial charge is 0.229 e. The summed E-state index contributed by atoms with van der Waals surface area (Å²) in [5.74, 6) is 1.08. The third-order valence-corrected chi connectivity index (χ3v) is 4.19. The first kappa shape index (κ1) is 20.6. The first-order chi connectivity index (χ1) is 12.6. The fourth-order valence-electron chi connectivity index (χ4n) is 2.77. The number of aromatic nitrogens is 2. The van der Waals surface area contributed by atoms with E-state index in [1.54, 1.807) is 6.07 Å². The van der Waals surface area contributed by atoms with Crippen molar-refractivity contribution >= 4 is 35.5 Å². The predicted molar refractivity (Wildman–Crippen MR) is 112 cm³/mol. The van der Waals surface area contributed by atoms with E-state index in [1.165, 1.54) is 12.1 Å². The van der Waals surface area contributed by atoms with Gasteiger partial charge in [0.05, 0.1) is 0 Å². The third kappa shape index (κ3) is 5.17. The summed E-state index contributed by atoms with van der Waals surface area (Å²) in [6.07, 6.45) is 1.87. The van der Waals surface area contributed by atoms with Gasteiger partial charge in [-0.05, 0) is 49.2 Å². The molecule has 0 amide bonds. The van der Waals surface area contributed by atoms with Crippen molar-refractivity contribution in [1.29, 1.82) is 0 Å². The van der Waals surface area contributed by atoms with E-state index < -0.39 is 0 Å². The molecule has 0 saturated heterocycles. The summed E-state index contributed by atoms with van der Waals surface area (Å²) in [5.41, 5.74) is 3.64. The van der Waals surface area contributed by atoms with Crippen molar-refractivity contribution in [2.45, 2.75) is 26.7 Å². The maximum Gasteiger partial charge on any atom is 0.229 e. The predicted octanol–water partition coefficient (Wildman–Crippen LogP) is 5.81. The highest BCUT2D eigenvalue weighted by molar-refractivity contribution is 5.85. The number of rotatable bonds is 6. The Balaban J connectivity index is 0.00000261. The number of nitrogens with one attached hydrogen (secondary N) is 1. The Morgan fingerprint density at radius 2 is 1.78 bits per heavy atom. The molecular formula is C21H24ClFN4. The van der Waals surface area contributed by atoms with Gasteiger partial charge in [0, 0.05) is 30.2 Å². The van der Waals surface area contributed by atoms with Crippen LogP contribution in [-0.2, 0) is 6.42 Å². The summed E-state index contributed by atoms with van der Waals surface area (Å²) >= 11 is 0. The standard InChI is InChI=1S/C21H23FN4.ClH/c1-4-8-17-14-20(26(3)18-9-6-5-7-10-18)25-21(23-17)24-19-12-11-16(22)13-15(19)2;/h5-7,9-14H,4,8H2,1-3H3,(H,23,24,25);1H. The van der Waals surface area contributed by atoms with Gasteiger partial charge < -0.3 is 10.2 Å². The maximum atomic E-state index is 13.3. The zero-order valence-electron chi connectivity index (χ0n) is 15.7. The molecule has 2 aromatic carbocycles. The van der Waals surface area contributed by atoms with Gasteiger partial charge >= 0.3 is 0 Å². The Bertz CT molecular complexity index is 887. The monoisotopic (exact) mass is 386 g/mol. The van der Waals surface area contributed by atoms with E-state index in [1.807, 2.05) is 55.3 Å². The van der Waals surface area contributed by atoms with Crippen molar-refractivity contribution in [3.05, 3.63) is 71.7 Å². The molecule has 1 N–H and O–H groups in total. The molecule has 0 unspecified atom stereocenters. The highest BCUT2D eigenvalue weighted by Crippen LogP contribution is 2.25. The highest BCUT2D eigenvalue weighted by atomic mass is 35.5. The van der Waals surface area contributed by atoms with Gasteiger partial charge in [0.1, 0.15) is 11.6 Å². The van der Waals surface area contributed by atoms with Crippen LogP contribution in [0.2, 0.25) is 0 Å². The van der Waals surface area contributed by atoms with E-state index >= 15 is 0 Å². The lowest BCUT2D eigenvalue weighted by molar-refractivity contribution is 0.627. The summed E-state index contributed by atoms with van der Waals surface area (Å²) < 4.78 is 13.3. The zero-order valence-corrected chi connectivity index (χ0v) is 16.6. The minimum atomic E-state index is -0.252. The second kappa shape index (κ2) is 9.33. The minimum Gasteiger partial charge on any atom is -0.329 e. The van der Waals surface area contributed by atoms with Crippen molar-refractivity contribution in [3.63, 3.8) is 0 Å². The van der Waals surface area contributed by atoms with Gasteiger partial charge in [-0.1, -0.05) is 31.5 Å². The molecule has 6 heteroatoms. The first-order valence-electron chi connectivity index (χ1n) is 8.76. The Kier molecular flexibility index (Phi) is 7.13. The molecule has 1 aromatic heterocycles. The summed E-state index contributed by atoms with van der Waals surface area (Å²) in [6.45, 7) is 3.98. The molecule has 0 aliphatic rings. The van der Waals surface area contributed by atoms with Crippen LogP contribution in [0, 0.1) is 12.7 Å². The lowest BCUT2D eigenvalue weighted by Gasteiger charge is -2.20. The van der Waals surface area contributed by atoms with Gasteiger partial charge in [-0.25, -0.2) is 9.37 Å². The fraction of sp³-hybridized carbons (Fsp3) is 0.238. The minimum absolute atomic E-state index is 0. The number of aryl methyl sites for hydroxylation is 2. The first-order valence-corrected chi connectivity index (χ1v) is 8.76. The Morgan fingerprint density at radius 1 is 1.04 bits per heavy atom. The molecule has 0 bridgehead atoms. The van der Waals surface area contributed by atoms with E-state index in [4.69, 9.17) is 0 Å². The zero-order chi connectivity index (χ0) is 18.5. The van der Waals surface area contributed by atoms with Crippen molar-refractivity contribution in [1.82, 2.24) is 9.97 Å². The van der Waals surface area contributed by atoms with Gasteiger partial charge in [-0.3, -0.25) is 0 Å². The molecule has 0 saturated carbocycles. The number of hydrogen-bond donors (Lipinski definition) is 1. The number of benzene rings is 2. The van der Waals surface area contributed by atoms with Crippen LogP contribution >= 0.6 is 12.4 Å². The van der Waals surface area contributed by atoms with Crippen LogP contribution in [0.3, 0.4) is 0 Å². The Labute approximate surface area is 165 Å². The van der Waals surface area contributed by atoms with E-state index in [2.05, 4.69) is 22.2 Å². The van der Waals surface area contributed by atoms with Crippen LogP contribution in [0.4, 0.5) is 27.5 Å². The molecule has 0 aliphatic carbocycles. The molecule has 4 nitrogen and oxygen atoms in total. The summed E-state index contributed by atoms with van der Waals surface area (Å²) in [5, 5.41) is 3.23. The average Bonchev–Trinajstić information content (AvgIpc) is 2.64. The Morgan fingerprint density at radius 3 is 2.44 bits per heavy atom. The molecule has 0 radical (unpaired) electrons. The molecule has 27 heavy (non-hydrogen) atoms. The lowest BCUT2D eigenvalue weighted by Crippen LogP contribution is -2.13. The molecule has 0 spiro atoms. The molecule has 1 heterocycles. The van der Waals surface area contributed by atoms with E-state index in [-0.39, 0.29) is 18.2 Å². The van der Waals surface area contributed by atoms with Crippen LogP contribution in [0.25, 0.3) is 0 Å². The number of anilines is 4. The van der Waals surface area contributed by atoms with Gasteiger partial charge in [0.25, 0.3) is 0 Å². The topological polar surface area (TPSA) is 41.1 Å². The number of para-hydroxylation sites is 1. The number of hydrogen-bond acceptors (Lipinski definition) is 4. The molecule has 3 aromatic rings. The maximum absolute atomic E-state index is 13.3. The fourth-order valence-corrected chi connectivity index (χ4v) is 2.77. The molecule has 0 fully saturated rings. The lowest BCUT2D eigenvalue weighted by atomic mass is 10.2. The van der Waals surface area contributed by atoms with Crippen molar-refractivity contribution in [2.75, 3.05) is 17.3 Å². The van der Waals surface area contributed by atoms with Gasteiger partial charge in [-0.2, -0.15) is 4.98 Å². The summed E-state index contributed by atoms with van der Waals surface area (Å²) in [4.78, 5) is 11.3. The van der Waals surface area contributed by atoms with E-state index in [0.29, 0.717) is 5.95 Å². The van der Waals surface area contributed by atoms with Crippen LogP contribution in [-0.4, -0.2) is 17.0 Å². The average molecular weight is 387 g/mol. The van der Waals surface area contributed by atoms with Crippen LogP contribution in [0.1, 0.15) is 24.6 Å². The summed E-state index contributed by atoms with van der Waals surface area (Å²) in [6, 6.07) is 16.7. The van der Waals surface area contributed by atoms with Gasteiger partial charge in [-0.15, -0.1) is 12.4 Å². The highest BCUT2D eigenvalue weighted by Gasteiger charge is 2.11. The second-order valence-corrected chi connectivity index (χ2v) is 6.27. The molecule has 0 atom stereocenters. The van der Waals surface area contributed by atoms with Gasteiger partial charge in [0.2, 0.25) is 5.95 Å². The van der Waals surface area contributed by atoms with Crippen molar-refractivity contribution in [3.8, 4) is 0 Å². The quantitative estimate of drug-likeness (QED) is 0.580. The van der Waals surface area contributed by atoms with Crippen LogP contribution in [0.5, 0.6) is 0 Å². The largest absolute Gasteiger partial charge is 0.329 e. The summed E-state index contributed by atoms with van der Waals surface area (Å²) in [7, 11) is 1.99. The van der Waals surface area contributed by atoms with Crippen molar-refractivity contribution < 1.29 is 4.39 Å². The SMILES string of the molecule is CCCc1cc(N(C)c2ccccc2)nc(Nc2ccc(F)cc2C)n1.Cl. The molecular weight excluding hydrogens is 363 g/mol. The van der Waals surface area contributed by atoms with Gasteiger partial charge in [0.15, 0.2) is 0 Å². The van der Waals surface area contributed by atoms with Crippen molar-refractivity contribution in [2.24, 2.45) is 0 Å². The van der Waals surface area contributed by atoms with Crippen LogP contribution < -0.4 is 10.2 Å². The van der Waals surface area contributed by atoms with E-state index in [9.17, 15) is 4.39 Å². The molecule has 142 valence electrons. The van der Waals surface area contributed by atoms with Crippen LogP contribution in [0.15, 0.2) is 54.6 Å². The molecule has 3 rings (SSSR count). The Hall–Kier alpha value is -2.66. The normalized spacial score (nSPS) is 10.2. The third-order valence-electron chi connectivity index (χ3n) is 4.19. The second-order valence-electron chi connectivity index (χ2n) is 6.27. The number of halogens is 2. The molecule has 0 aliphatic heterocycles. The number of nitrogens with zero attached hydrogens (tertiary/aromatic N) is 3.